The summed E-state index contributed by atoms with van der Waals surface area (Å²) in [5.41, 5.74) is 3.18. The van der Waals surface area contributed by atoms with Crippen molar-refractivity contribution >= 4 is 34.6 Å². The lowest BCUT2D eigenvalue weighted by atomic mass is 10.0. The Morgan fingerprint density at radius 2 is 2.32 bits per heavy atom. The van der Waals surface area contributed by atoms with Gasteiger partial charge < -0.3 is 9.84 Å². The molecule has 0 aliphatic carbocycles. The van der Waals surface area contributed by atoms with Crippen LogP contribution in [-0.2, 0) is 4.79 Å². The maximum atomic E-state index is 10.5. The Morgan fingerprint density at radius 1 is 1.53 bits per heavy atom. The highest BCUT2D eigenvalue weighted by Crippen LogP contribution is 2.29. The number of benzene rings is 1. The van der Waals surface area contributed by atoms with Gasteiger partial charge in [-0.3, -0.25) is 0 Å². The second kappa shape index (κ2) is 6.23. The summed E-state index contributed by atoms with van der Waals surface area (Å²) in [6, 6.07) is 6.10. The third kappa shape index (κ3) is 4.09. The summed E-state index contributed by atoms with van der Waals surface area (Å²) in [5.74, 6) is 0.0354. The molecule has 0 fully saturated rings. The van der Waals surface area contributed by atoms with Crippen LogP contribution in [0.15, 0.2) is 35.4 Å². The number of carbonyl (C=O) groups is 1. The van der Waals surface area contributed by atoms with E-state index in [9.17, 15) is 4.79 Å². The number of hydrogen-bond donors (Lipinski definition) is 1. The van der Waals surface area contributed by atoms with Gasteiger partial charge in [-0.1, -0.05) is 5.57 Å². The predicted octanol–water partition coefficient (Wildman–Crippen LogP) is 3.88. The van der Waals surface area contributed by atoms with Crippen molar-refractivity contribution in [3.63, 3.8) is 0 Å². The van der Waals surface area contributed by atoms with E-state index in [0.29, 0.717) is 6.61 Å². The van der Waals surface area contributed by atoms with Crippen LogP contribution in [-0.4, -0.2) is 17.7 Å². The smallest absolute Gasteiger partial charge is 0.328 e. The Kier molecular flexibility index (Phi) is 4.63. The van der Waals surface area contributed by atoms with Crippen LogP contribution in [0.3, 0.4) is 0 Å². The first-order valence-electron chi connectivity index (χ1n) is 6.06. The van der Waals surface area contributed by atoms with Crippen LogP contribution in [0.4, 0.5) is 0 Å². The fraction of sp³-hybridized carbons (Fsp3) is 0.267. The van der Waals surface area contributed by atoms with Gasteiger partial charge in [-0.2, -0.15) is 0 Å². The first-order valence-corrected chi connectivity index (χ1v) is 7.14. The van der Waals surface area contributed by atoms with Gasteiger partial charge in [0.05, 0.1) is 0 Å². The summed E-state index contributed by atoms with van der Waals surface area (Å²) in [4.78, 5) is 10.5. The number of ether oxygens (including phenoxy) is 1. The molecule has 0 atom stereocenters. The largest absolute Gasteiger partial charge is 0.489 e. The highest BCUT2D eigenvalue weighted by molar-refractivity contribution is 14.1. The number of rotatable bonds is 4. The molecule has 0 bridgehead atoms. The summed E-state index contributed by atoms with van der Waals surface area (Å²) in [5, 5.41) is 8.67. The molecule has 1 N–H and O–H groups in total. The number of halogens is 1. The van der Waals surface area contributed by atoms with Gasteiger partial charge in [0.2, 0.25) is 0 Å². The van der Waals surface area contributed by atoms with Crippen LogP contribution in [0.5, 0.6) is 5.75 Å². The minimum Gasteiger partial charge on any atom is -0.489 e. The quantitative estimate of drug-likeness (QED) is 0.647. The van der Waals surface area contributed by atoms with Crippen molar-refractivity contribution in [1.29, 1.82) is 0 Å². The first-order chi connectivity index (χ1) is 9.04. The van der Waals surface area contributed by atoms with Crippen molar-refractivity contribution in [1.82, 2.24) is 0 Å². The van der Waals surface area contributed by atoms with Crippen LogP contribution in [0.2, 0.25) is 0 Å². The van der Waals surface area contributed by atoms with Crippen LogP contribution < -0.4 is 4.74 Å². The molecule has 19 heavy (non-hydrogen) atoms. The van der Waals surface area contributed by atoms with Gasteiger partial charge in [0.1, 0.15) is 12.4 Å². The fourth-order valence-electron chi connectivity index (χ4n) is 1.98. The molecule has 0 saturated heterocycles. The molecule has 0 amide bonds. The summed E-state index contributed by atoms with van der Waals surface area (Å²) in [6.45, 7) is 2.43. The molecular formula is C15H15IO3. The number of aliphatic carboxylic acids is 1. The molecule has 0 radical (unpaired) electrons. The first kappa shape index (κ1) is 14.1. The van der Waals surface area contributed by atoms with E-state index in [0.717, 1.165) is 29.7 Å². The van der Waals surface area contributed by atoms with Gasteiger partial charge in [-0.15, -0.1) is 0 Å². The van der Waals surface area contributed by atoms with E-state index in [1.807, 2.05) is 19.1 Å². The van der Waals surface area contributed by atoms with E-state index >= 15 is 0 Å². The fourth-order valence-corrected chi connectivity index (χ4v) is 2.50. The van der Waals surface area contributed by atoms with Crippen molar-refractivity contribution in [2.45, 2.75) is 19.8 Å². The number of carboxylic acid groups (broad SMARTS) is 1. The van der Waals surface area contributed by atoms with Crippen molar-refractivity contribution < 1.29 is 14.6 Å². The summed E-state index contributed by atoms with van der Waals surface area (Å²) in [7, 11) is 0. The highest BCUT2D eigenvalue weighted by Gasteiger charge is 2.11. The third-order valence-electron chi connectivity index (χ3n) is 2.95. The number of allylic oxidation sites excluding steroid dienone is 1. The van der Waals surface area contributed by atoms with Gasteiger partial charge in [-0.05, 0) is 72.2 Å². The zero-order valence-corrected chi connectivity index (χ0v) is 12.8. The van der Waals surface area contributed by atoms with Crippen LogP contribution >= 0.6 is 22.6 Å². The SMILES string of the molecule is C/C(=C\C(=O)O)CCC1=Cc2cc(I)ccc2OC1. The van der Waals surface area contributed by atoms with E-state index in [1.165, 1.54) is 15.2 Å². The Hall–Kier alpha value is -1.30. The normalized spacial score (nSPS) is 14.4. The van der Waals surface area contributed by atoms with E-state index in [-0.39, 0.29) is 0 Å². The van der Waals surface area contributed by atoms with E-state index in [2.05, 4.69) is 34.7 Å². The molecule has 0 saturated carbocycles. The van der Waals surface area contributed by atoms with Crippen molar-refractivity contribution in [3.05, 3.63) is 44.6 Å². The maximum Gasteiger partial charge on any atom is 0.328 e. The molecule has 1 aliphatic heterocycles. The minimum absolute atomic E-state index is 0.591. The average molecular weight is 370 g/mol. The van der Waals surface area contributed by atoms with Crippen LogP contribution in [0.25, 0.3) is 6.08 Å². The predicted molar refractivity (Wildman–Crippen MR) is 83.3 cm³/mol. The molecule has 1 heterocycles. The maximum absolute atomic E-state index is 10.5. The van der Waals surface area contributed by atoms with E-state index in [4.69, 9.17) is 9.84 Å². The molecule has 3 nitrogen and oxygen atoms in total. The minimum atomic E-state index is -0.883. The van der Waals surface area contributed by atoms with Crippen LogP contribution in [0.1, 0.15) is 25.3 Å². The van der Waals surface area contributed by atoms with Crippen molar-refractivity contribution in [2.24, 2.45) is 0 Å². The molecule has 0 aromatic heterocycles. The number of carboxylic acids is 1. The van der Waals surface area contributed by atoms with E-state index in [1.54, 1.807) is 0 Å². The molecule has 4 heteroatoms. The second-order valence-corrected chi connectivity index (χ2v) is 5.85. The van der Waals surface area contributed by atoms with Crippen LogP contribution in [0, 0.1) is 3.57 Å². The lowest BCUT2D eigenvalue weighted by molar-refractivity contribution is -0.131. The van der Waals surface area contributed by atoms with Gasteiger partial charge in [0, 0.05) is 15.2 Å². The number of fused-ring (bicyclic) bond motifs is 1. The van der Waals surface area contributed by atoms with Gasteiger partial charge in [0.15, 0.2) is 0 Å². The molecule has 0 unspecified atom stereocenters. The molecule has 1 aromatic carbocycles. The summed E-state index contributed by atoms with van der Waals surface area (Å²) < 4.78 is 6.88. The topological polar surface area (TPSA) is 46.5 Å². The van der Waals surface area contributed by atoms with Crippen molar-refractivity contribution in [3.8, 4) is 5.75 Å². The summed E-state index contributed by atoms with van der Waals surface area (Å²) >= 11 is 2.28. The zero-order valence-electron chi connectivity index (χ0n) is 10.6. The molecular weight excluding hydrogens is 355 g/mol. The van der Waals surface area contributed by atoms with Gasteiger partial charge in [0.25, 0.3) is 0 Å². The Morgan fingerprint density at radius 3 is 3.05 bits per heavy atom. The molecule has 1 aliphatic rings. The second-order valence-electron chi connectivity index (χ2n) is 4.60. The lowest BCUT2D eigenvalue weighted by Crippen LogP contribution is -2.07. The van der Waals surface area contributed by atoms with E-state index < -0.39 is 5.97 Å². The molecule has 0 spiro atoms. The number of hydrogen-bond acceptors (Lipinski definition) is 2. The molecule has 1 aromatic rings. The monoisotopic (exact) mass is 370 g/mol. The Bertz CT molecular complexity index is 559. The Balaban J connectivity index is 2.05. The van der Waals surface area contributed by atoms with Gasteiger partial charge in [-0.25, -0.2) is 4.79 Å². The van der Waals surface area contributed by atoms with Gasteiger partial charge >= 0.3 is 5.97 Å². The Labute approximate surface area is 126 Å². The lowest BCUT2D eigenvalue weighted by Gasteiger charge is -2.18. The zero-order chi connectivity index (χ0) is 13.8. The summed E-state index contributed by atoms with van der Waals surface area (Å²) in [6.07, 6.45) is 5.00. The molecule has 2 rings (SSSR count). The van der Waals surface area contributed by atoms with Crippen molar-refractivity contribution in [2.75, 3.05) is 6.61 Å². The highest BCUT2D eigenvalue weighted by atomic mass is 127. The third-order valence-corrected chi connectivity index (χ3v) is 3.63. The molecule has 100 valence electrons. The average Bonchev–Trinajstić information content (AvgIpc) is 2.35. The standard InChI is InChI=1S/C15H15IO3/c1-10(6-15(17)18)2-3-11-7-12-8-13(16)4-5-14(12)19-9-11/h4-8H,2-3,9H2,1H3,(H,17,18)/b10-6+.